The number of hydrogen-bond donors (Lipinski definition) is 2. The lowest BCUT2D eigenvalue weighted by atomic mass is 10.0. The van der Waals surface area contributed by atoms with E-state index in [2.05, 4.69) is 5.32 Å². The number of carboxylic acids is 1. The average Bonchev–Trinajstić information content (AvgIpc) is 2.53. The van der Waals surface area contributed by atoms with Gasteiger partial charge in [0.2, 0.25) is 0 Å². The molecular weight excluding hydrogens is 166 g/mol. The molecule has 68 valence electrons. The van der Waals surface area contributed by atoms with E-state index >= 15 is 0 Å². The number of carboxylic acid groups (broad SMARTS) is 1. The molecule has 0 aliphatic carbocycles. The normalized spacial score (nSPS) is 13.6. The molecule has 1 aliphatic rings. The van der Waals surface area contributed by atoms with Gasteiger partial charge in [-0.1, -0.05) is 6.07 Å². The first kappa shape index (κ1) is 8.10. The van der Waals surface area contributed by atoms with Gasteiger partial charge in [-0.3, -0.25) is 0 Å². The molecular formula is C10H11NO2. The molecule has 0 saturated heterocycles. The summed E-state index contributed by atoms with van der Waals surface area (Å²) in [5, 5.41) is 12.0. The Balaban J connectivity index is 2.62. The third-order valence-electron chi connectivity index (χ3n) is 2.45. The van der Waals surface area contributed by atoms with Gasteiger partial charge in [0, 0.05) is 6.54 Å². The van der Waals surface area contributed by atoms with Crippen LogP contribution in [0, 0.1) is 6.92 Å². The zero-order chi connectivity index (χ0) is 9.42. The molecule has 1 aliphatic heterocycles. The molecule has 13 heavy (non-hydrogen) atoms. The highest BCUT2D eigenvalue weighted by atomic mass is 16.4. The largest absolute Gasteiger partial charge is 0.478 e. The lowest BCUT2D eigenvalue weighted by molar-refractivity contribution is 0.0698. The number of rotatable bonds is 1. The molecule has 1 heterocycles. The molecule has 1 aromatic rings. The van der Waals surface area contributed by atoms with Crippen LogP contribution < -0.4 is 5.32 Å². The summed E-state index contributed by atoms with van der Waals surface area (Å²) in [4.78, 5) is 10.8. The molecule has 0 fully saturated rings. The van der Waals surface area contributed by atoms with Crippen molar-refractivity contribution in [2.75, 3.05) is 11.9 Å². The smallest absolute Gasteiger partial charge is 0.337 e. The maximum atomic E-state index is 10.8. The average molecular weight is 177 g/mol. The molecule has 0 bridgehead atoms. The number of benzene rings is 1. The Kier molecular flexibility index (Phi) is 1.72. The van der Waals surface area contributed by atoms with Crippen molar-refractivity contribution in [2.24, 2.45) is 0 Å². The van der Waals surface area contributed by atoms with Gasteiger partial charge in [0.25, 0.3) is 0 Å². The van der Waals surface area contributed by atoms with Crippen molar-refractivity contribution in [3.63, 3.8) is 0 Å². The predicted octanol–water partition coefficient (Wildman–Crippen LogP) is 1.66. The van der Waals surface area contributed by atoms with E-state index in [1.165, 1.54) is 5.56 Å². The Morgan fingerprint density at radius 2 is 2.31 bits per heavy atom. The van der Waals surface area contributed by atoms with Crippen molar-refractivity contribution in [3.8, 4) is 0 Å². The third-order valence-corrected chi connectivity index (χ3v) is 2.45. The summed E-state index contributed by atoms with van der Waals surface area (Å²) in [7, 11) is 0. The second-order valence-electron chi connectivity index (χ2n) is 3.27. The maximum Gasteiger partial charge on any atom is 0.337 e. The number of aromatic carboxylic acids is 1. The van der Waals surface area contributed by atoms with Gasteiger partial charge >= 0.3 is 5.97 Å². The molecule has 0 atom stereocenters. The van der Waals surface area contributed by atoms with Gasteiger partial charge < -0.3 is 10.4 Å². The summed E-state index contributed by atoms with van der Waals surface area (Å²) in [6, 6.07) is 3.53. The summed E-state index contributed by atoms with van der Waals surface area (Å²) in [5.74, 6) is -0.856. The number of carbonyl (C=O) groups is 1. The first-order valence-electron chi connectivity index (χ1n) is 4.30. The predicted molar refractivity (Wildman–Crippen MR) is 50.3 cm³/mol. The minimum Gasteiger partial charge on any atom is -0.478 e. The van der Waals surface area contributed by atoms with Crippen LogP contribution in [0.15, 0.2) is 12.1 Å². The first-order valence-corrected chi connectivity index (χ1v) is 4.30. The maximum absolute atomic E-state index is 10.8. The molecule has 1 aromatic carbocycles. The zero-order valence-electron chi connectivity index (χ0n) is 7.42. The number of hydrogen-bond acceptors (Lipinski definition) is 2. The van der Waals surface area contributed by atoms with Crippen LogP contribution in [0.25, 0.3) is 0 Å². The molecule has 2 N–H and O–H groups in total. The monoisotopic (exact) mass is 177 g/mol. The number of aryl methyl sites for hydroxylation is 1. The van der Waals surface area contributed by atoms with Gasteiger partial charge in [-0.15, -0.1) is 0 Å². The van der Waals surface area contributed by atoms with Crippen LogP contribution in [0.3, 0.4) is 0 Å². The van der Waals surface area contributed by atoms with Crippen LogP contribution in [-0.2, 0) is 6.42 Å². The molecule has 0 saturated carbocycles. The van der Waals surface area contributed by atoms with Crippen molar-refractivity contribution >= 4 is 11.7 Å². The quantitative estimate of drug-likeness (QED) is 0.685. The second kappa shape index (κ2) is 2.76. The van der Waals surface area contributed by atoms with Gasteiger partial charge in [0.15, 0.2) is 0 Å². The van der Waals surface area contributed by atoms with Crippen molar-refractivity contribution in [1.29, 1.82) is 0 Å². The fraction of sp³-hybridized carbons (Fsp3) is 0.300. The van der Waals surface area contributed by atoms with E-state index in [-0.39, 0.29) is 0 Å². The highest BCUT2D eigenvalue weighted by Crippen LogP contribution is 2.29. The third kappa shape index (κ3) is 1.16. The minimum atomic E-state index is -0.856. The Labute approximate surface area is 76.4 Å². The Morgan fingerprint density at radius 1 is 1.54 bits per heavy atom. The summed E-state index contributed by atoms with van der Waals surface area (Å²) in [5.41, 5.74) is 3.52. The van der Waals surface area contributed by atoms with E-state index in [1.807, 2.05) is 13.0 Å². The van der Waals surface area contributed by atoms with Gasteiger partial charge in [0.1, 0.15) is 0 Å². The highest BCUT2D eigenvalue weighted by Gasteiger charge is 2.19. The fourth-order valence-electron chi connectivity index (χ4n) is 1.77. The van der Waals surface area contributed by atoms with Crippen LogP contribution in [0.1, 0.15) is 21.5 Å². The van der Waals surface area contributed by atoms with E-state index in [9.17, 15) is 4.79 Å². The number of fused-ring (bicyclic) bond motifs is 1. The van der Waals surface area contributed by atoms with E-state index in [1.54, 1.807) is 6.07 Å². The van der Waals surface area contributed by atoms with Crippen molar-refractivity contribution in [2.45, 2.75) is 13.3 Å². The van der Waals surface area contributed by atoms with Crippen LogP contribution in [-0.4, -0.2) is 17.6 Å². The van der Waals surface area contributed by atoms with E-state index < -0.39 is 5.97 Å². The summed E-state index contributed by atoms with van der Waals surface area (Å²) in [6.45, 7) is 2.86. The summed E-state index contributed by atoms with van der Waals surface area (Å²) >= 11 is 0. The Morgan fingerprint density at radius 3 is 3.00 bits per heavy atom. The SMILES string of the molecule is Cc1ccc(C(=O)O)c2c1CCN2. The van der Waals surface area contributed by atoms with Crippen molar-refractivity contribution in [1.82, 2.24) is 0 Å². The van der Waals surface area contributed by atoms with Gasteiger partial charge in [-0.25, -0.2) is 4.79 Å². The molecule has 3 nitrogen and oxygen atoms in total. The molecule has 0 spiro atoms. The highest BCUT2D eigenvalue weighted by molar-refractivity contribution is 5.96. The first-order chi connectivity index (χ1) is 6.20. The van der Waals surface area contributed by atoms with Gasteiger partial charge in [-0.05, 0) is 30.5 Å². The minimum absolute atomic E-state index is 0.387. The standard InChI is InChI=1S/C10H11NO2/c1-6-2-3-8(10(12)13)9-7(6)4-5-11-9/h2-3,11H,4-5H2,1H3,(H,12,13). The molecule has 3 heteroatoms. The molecule has 0 radical (unpaired) electrons. The van der Waals surface area contributed by atoms with E-state index in [0.717, 1.165) is 24.2 Å². The van der Waals surface area contributed by atoms with Gasteiger partial charge in [-0.2, -0.15) is 0 Å². The van der Waals surface area contributed by atoms with Crippen molar-refractivity contribution in [3.05, 3.63) is 28.8 Å². The fourth-order valence-corrected chi connectivity index (χ4v) is 1.77. The summed E-state index contributed by atoms with van der Waals surface area (Å²) in [6.07, 6.45) is 0.933. The topological polar surface area (TPSA) is 49.3 Å². The molecule has 0 aromatic heterocycles. The molecule has 2 rings (SSSR count). The van der Waals surface area contributed by atoms with E-state index in [4.69, 9.17) is 5.11 Å². The van der Waals surface area contributed by atoms with E-state index in [0.29, 0.717) is 5.56 Å². The number of nitrogens with one attached hydrogen (secondary N) is 1. The van der Waals surface area contributed by atoms with Crippen LogP contribution in [0.5, 0.6) is 0 Å². The van der Waals surface area contributed by atoms with Crippen LogP contribution >= 0.6 is 0 Å². The van der Waals surface area contributed by atoms with Gasteiger partial charge in [0.05, 0.1) is 11.3 Å². The lowest BCUT2D eigenvalue weighted by Crippen LogP contribution is -2.02. The Bertz CT molecular complexity index is 371. The number of anilines is 1. The summed E-state index contributed by atoms with van der Waals surface area (Å²) < 4.78 is 0. The lowest BCUT2D eigenvalue weighted by Gasteiger charge is -2.06. The van der Waals surface area contributed by atoms with Crippen LogP contribution in [0.4, 0.5) is 5.69 Å². The van der Waals surface area contributed by atoms with Crippen LogP contribution in [0.2, 0.25) is 0 Å². The molecule has 0 unspecified atom stereocenters. The molecule has 0 amide bonds. The van der Waals surface area contributed by atoms with Crippen molar-refractivity contribution < 1.29 is 9.90 Å². The second-order valence-corrected chi connectivity index (χ2v) is 3.27. The zero-order valence-corrected chi connectivity index (χ0v) is 7.42. The Hall–Kier alpha value is -1.51.